The maximum atomic E-state index is 14.4. The van der Waals surface area contributed by atoms with Crippen LogP contribution >= 0.6 is 0 Å². The standard InChI is InChI=1S/C32H29F2N3O4/c1-39-21-31(38)36-29(20-40-19-22-6-3-2-4-7-22)32(23-8-5-9-26(34)16-23)41-28-14-15-30-24(17-28)18-35-37(30)27-12-10-25(33)11-13-27/h2-18,29,32H,19-21H2,1H3,(H,36,38). The minimum Gasteiger partial charge on any atom is -0.483 e. The van der Waals surface area contributed by atoms with E-state index in [1.165, 1.54) is 31.4 Å². The number of carbonyl (C=O) groups excluding carboxylic acids is 1. The number of aromatic nitrogens is 2. The topological polar surface area (TPSA) is 74.6 Å². The number of hydrogen-bond acceptors (Lipinski definition) is 5. The second kappa shape index (κ2) is 13.2. The molecule has 4 aromatic carbocycles. The summed E-state index contributed by atoms with van der Waals surface area (Å²) in [4.78, 5) is 12.6. The van der Waals surface area contributed by atoms with E-state index in [0.29, 0.717) is 23.6 Å². The number of amides is 1. The first-order valence-electron chi connectivity index (χ1n) is 13.1. The van der Waals surface area contributed by atoms with Gasteiger partial charge in [-0.3, -0.25) is 4.79 Å². The molecule has 0 aliphatic carbocycles. The normalized spacial score (nSPS) is 12.7. The molecule has 0 aliphatic heterocycles. The highest BCUT2D eigenvalue weighted by molar-refractivity contribution is 5.82. The number of halogens is 2. The Bertz CT molecular complexity index is 1590. The van der Waals surface area contributed by atoms with E-state index in [1.807, 2.05) is 42.5 Å². The number of benzene rings is 4. The van der Waals surface area contributed by atoms with Crippen molar-refractivity contribution in [3.63, 3.8) is 0 Å². The molecule has 0 saturated heterocycles. The minimum absolute atomic E-state index is 0.0935. The number of hydrogen-bond donors (Lipinski definition) is 1. The van der Waals surface area contributed by atoms with Crippen LogP contribution in [0.25, 0.3) is 16.6 Å². The second-order valence-corrected chi connectivity index (χ2v) is 9.45. The highest BCUT2D eigenvalue weighted by Gasteiger charge is 2.28. The van der Waals surface area contributed by atoms with Gasteiger partial charge in [0.1, 0.15) is 30.1 Å². The number of ether oxygens (including phenoxy) is 3. The van der Waals surface area contributed by atoms with E-state index in [1.54, 1.807) is 41.2 Å². The summed E-state index contributed by atoms with van der Waals surface area (Å²) in [5.41, 5.74) is 3.01. The second-order valence-electron chi connectivity index (χ2n) is 9.45. The highest BCUT2D eigenvalue weighted by Crippen LogP contribution is 2.30. The van der Waals surface area contributed by atoms with Gasteiger partial charge in [-0.2, -0.15) is 5.10 Å². The van der Waals surface area contributed by atoms with Crippen molar-refractivity contribution in [1.29, 1.82) is 0 Å². The third-order valence-corrected chi connectivity index (χ3v) is 6.45. The predicted molar refractivity (Wildman–Crippen MR) is 151 cm³/mol. The molecule has 1 N–H and O–H groups in total. The van der Waals surface area contributed by atoms with Crippen molar-refractivity contribution in [2.45, 2.75) is 18.8 Å². The lowest BCUT2D eigenvalue weighted by atomic mass is 10.0. The van der Waals surface area contributed by atoms with Crippen molar-refractivity contribution in [2.75, 3.05) is 20.3 Å². The van der Waals surface area contributed by atoms with E-state index in [0.717, 1.165) is 16.5 Å². The molecule has 5 rings (SSSR count). The SMILES string of the molecule is COCC(=O)NC(COCc1ccccc1)C(Oc1ccc2c(cnn2-c2ccc(F)cc2)c1)c1cccc(F)c1. The molecule has 1 amide bonds. The van der Waals surface area contributed by atoms with E-state index in [9.17, 15) is 13.6 Å². The Morgan fingerprint density at radius 3 is 2.49 bits per heavy atom. The molecule has 7 nitrogen and oxygen atoms in total. The van der Waals surface area contributed by atoms with Crippen LogP contribution in [0.3, 0.4) is 0 Å². The molecule has 1 heterocycles. The Hall–Kier alpha value is -4.60. The molecule has 2 unspecified atom stereocenters. The maximum absolute atomic E-state index is 14.4. The van der Waals surface area contributed by atoms with Crippen LogP contribution in [0, 0.1) is 11.6 Å². The molecule has 0 radical (unpaired) electrons. The van der Waals surface area contributed by atoms with Gasteiger partial charge in [0.15, 0.2) is 0 Å². The summed E-state index contributed by atoms with van der Waals surface area (Å²) in [6.07, 6.45) is 0.885. The summed E-state index contributed by atoms with van der Waals surface area (Å²) in [5, 5.41) is 8.16. The summed E-state index contributed by atoms with van der Waals surface area (Å²) in [6.45, 7) is 0.262. The summed E-state index contributed by atoms with van der Waals surface area (Å²) in [7, 11) is 1.43. The Morgan fingerprint density at radius 2 is 1.73 bits per heavy atom. The lowest BCUT2D eigenvalue weighted by Crippen LogP contribution is -2.45. The summed E-state index contributed by atoms with van der Waals surface area (Å²) in [5.74, 6) is -0.634. The zero-order chi connectivity index (χ0) is 28.6. The monoisotopic (exact) mass is 557 g/mol. The average molecular weight is 558 g/mol. The van der Waals surface area contributed by atoms with Crippen molar-refractivity contribution >= 4 is 16.8 Å². The lowest BCUT2D eigenvalue weighted by Gasteiger charge is -2.29. The lowest BCUT2D eigenvalue weighted by molar-refractivity contribution is -0.127. The first-order chi connectivity index (χ1) is 20.0. The molecule has 5 aromatic rings. The van der Waals surface area contributed by atoms with Crippen molar-refractivity contribution in [3.05, 3.63) is 126 Å². The Labute approximate surface area is 236 Å². The average Bonchev–Trinajstić information content (AvgIpc) is 3.40. The number of rotatable bonds is 12. The molecular formula is C32H29F2N3O4. The van der Waals surface area contributed by atoms with Crippen LogP contribution in [0.2, 0.25) is 0 Å². The Morgan fingerprint density at radius 1 is 0.927 bits per heavy atom. The molecule has 0 bridgehead atoms. The number of carbonyl (C=O) groups is 1. The molecule has 0 saturated carbocycles. The highest BCUT2D eigenvalue weighted by atomic mass is 19.1. The van der Waals surface area contributed by atoms with E-state index < -0.39 is 18.0 Å². The largest absolute Gasteiger partial charge is 0.483 e. The van der Waals surface area contributed by atoms with Gasteiger partial charge < -0.3 is 19.5 Å². The molecule has 9 heteroatoms. The predicted octanol–water partition coefficient (Wildman–Crippen LogP) is 5.77. The number of nitrogens with zero attached hydrogens (tertiary/aromatic N) is 2. The number of nitrogens with one attached hydrogen (secondary N) is 1. The fourth-order valence-electron chi connectivity index (χ4n) is 4.55. The van der Waals surface area contributed by atoms with Crippen LogP contribution in [0.5, 0.6) is 5.75 Å². The zero-order valence-electron chi connectivity index (χ0n) is 22.4. The Balaban J connectivity index is 1.44. The van der Waals surface area contributed by atoms with Crippen LogP contribution in [0.4, 0.5) is 8.78 Å². The first kappa shape index (κ1) is 27.9. The molecular weight excluding hydrogens is 528 g/mol. The summed E-state index contributed by atoms with van der Waals surface area (Å²) < 4.78 is 46.9. The maximum Gasteiger partial charge on any atom is 0.246 e. The smallest absolute Gasteiger partial charge is 0.246 e. The van der Waals surface area contributed by atoms with Gasteiger partial charge >= 0.3 is 0 Å². The van der Waals surface area contributed by atoms with E-state index >= 15 is 0 Å². The van der Waals surface area contributed by atoms with Gasteiger partial charge in [-0.05, 0) is 65.7 Å². The molecule has 0 spiro atoms. The van der Waals surface area contributed by atoms with Crippen molar-refractivity contribution in [1.82, 2.24) is 15.1 Å². The van der Waals surface area contributed by atoms with Gasteiger partial charge in [0.05, 0.1) is 36.7 Å². The minimum atomic E-state index is -0.799. The van der Waals surface area contributed by atoms with Gasteiger partial charge in [0, 0.05) is 12.5 Å². The van der Waals surface area contributed by atoms with Crippen LogP contribution in [0.15, 0.2) is 103 Å². The molecule has 2 atom stereocenters. The zero-order valence-corrected chi connectivity index (χ0v) is 22.4. The summed E-state index contributed by atoms with van der Waals surface area (Å²) >= 11 is 0. The fourth-order valence-corrected chi connectivity index (χ4v) is 4.55. The van der Waals surface area contributed by atoms with Gasteiger partial charge in [-0.25, -0.2) is 13.5 Å². The van der Waals surface area contributed by atoms with Crippen molar-refractivity contribution in [3.8, 4) is 11.4 Å². The first-order valence-corrected chi connectivity index (χ1v) is 13.1. The van der Waals surface area contributed by atoms with E-state index in [-0.39, 0.29) is 24.9 Å². The van der Waals surface area contributed by atoms with Crippen LogP contribution in [-0.2, 0) is 20.9 Å². The molecule has 1 aromatic heterocycles. The van der Waals surface area contributed by atoms with Crippen molar-refractivity contribution < 1.29 is 27.8 Å². The summed E-state index contributed by atoms with van der Waals surface area (Å²) in [6, 6.07) is 26.5. The van der Waals surface area contributed by atoms with Gasteiger partial charge in [0.25, 0.3) is 0 Å². The van der Waals surface area contributed by atoms with E-state index in [4.69, 9.17) is 14.2 Å². The number of fused-ring (bicyclic) bond motifs is 1. The van der Waals surface area contributed by atoms with Crippen LogP contribution < -0.4 is 10.1 Å². The van der Waals surface area contributed by atoms with Gasteiger partial charge in [-0.1, -0.05) is 42.5 Å². The van der Waals surface area contributed by atoms with E-state index in [2.05, 4.69) is 10.4 Å². The van der Waals surface area contributed by atoms with Gasteiger partial charge in [-0.15, -0.1) is 0 Å². The quantitative estimate of drug-likeness (QED) is 0.211. The van der Waals surface area contributed by atoms with Crippen LogP contribution in [0.1, 0.15) is 17.2 Å². The van der Waals surface area contributed by atoms with Crippen molar-refractivity contribution in [2.24, 2.45) is 0 Å². The third kappa shape index (κ3) is 7.13. The number of methoxy groups -OCH3 is 1. The third-order valence-electron chi connectivity index (χ3n) is 6.45. The molecule has 0 fully saturated rings. The van der Waals surface area contributed by atoms with Gasteiger partial charge in [0.2, 0.25) is 5.91 Å². The molecule has 41 heavy (non-hydrogen) atoms. The fraction of sp³-hybridized carbons (Fsp3) is 0.188. The Kier molecular flexibility index (Phi) is 8.98. The van der Waals surface area contributed by atoms with Crippen LogP contribution in [-0.4, -0.2) is 42.1 Å². The molecule has 0 aliphatic rings. The molecule has 210 valence electrons.